The van der Waals surface area contributed by atoms with Crippen LogP contribution in [0.1, 0.15) is 48.5 Å². The van der Waals surface area contributed by atoms with E-state index in [1.54, 1.807) is 32.0 Å². The first kappa shape index (κ1) is 25.2. The third-order valence-electron chi connectivity index (χ3n) is 5.30. The van der Waals surface area contributed by atoms with Gasteiger partial charge in [0.25, 0.3) is 5.56 Å². The van der Waals surface area contributed by atoms with Gasteiger partial charge >= 0.3 is 5.97 Å². The van der Waals surface area contributed by atoms with Gasteiger partial charge in [0.05, 0.1) is 38.2 Å². The highest BCUT2D eigenvalue weighted by atomic mass is 32.1. The van der Waals surface area contributed by atoms with Crippen LogP contribution in [0.5, 0.6) is 11.5 Å². The highest BCUT2D eigenvalue weighted by Crippen LogP contribution is 2.31. The van der Waals surface area contributed by atoms with Crippen molar-refractivity contribution >= 4 is 39.1 Å². The molecule has 0 saturated carbocycles. The van der Waals surface area contributed by atoms with Crippen LogP contribution in [0.25, 0.3) is 10.2 Å². The maximum absolute atomic E-state index is 13.4. The number of carbonyl (C=O) groups excluding carboxylic acids is 2. The van der Waals surface area contributed by atoms with E-state index < -0.39 is 17.9 Å². The lowest BCUT2D eigenvalue weighted by atomic mass is 10.1. The summed E-state index contributed by atoms with van der Waals surface area (Å²) in [6.45, 7) is 7.68. The van der Waals surface area contributed by atoms with Crippen LogP contribution < -0.4 is 20.3 Å². The largest absolute Gasteiger partial charge is 0.497 e. The number of amides is 1. The molecule has 0 aliphatic carbocycles. The maximum Gasteiger partial charge on any atom is 0.348 e. The fourth-order valence-corrected chi connectivity index (χ4v) is 4.53. The van der Waals surface area contributed by atoms with Crippen molar-refractivity contribution in [1.82, 2.24) is 9.55 Å². The quantitative estimate of drug-likeness (QED) is 0.451. The molecular formula is C24H29N3O6S. The number of thiophene rings is 1. The summed E-state index contributed by atoms with van der Waals surface area (Å²) in [5, 5.41) is 3.14. The molecule has 0 saturated heterocycles. The van der Waals surface area contributed by atoms with Crippen LogP contribution in [-0.2, 0) is 9.53 Å². The van der Waals surface area contributed by atoms with Gasteiger partial charge in [-0.2, -0.15) is 0 Å². The van der Waals surface area contributed by atoms with E-state index in [9.17, 15) is 14.4 Å². The van der Waals surface area contributed by atoms with Gasteiger partial charge in [-0.25, -0.2) is 9.78 Å². The van der Waals surface area contributed by atoms with Crippen molar-refractivity contribution in [3.05, 3.63) is 45.3 Å². The first-order valence-electron chi connectivity index (χ1n) is 10.9. The Labute approximate surface area is 201 Å². The molecule has 1 unspecified atom stereocenters. The molecule has 182 valence electrons. The van der Waals surface area contributed by atoms with Crippen LogP contribution in [-0.4, -0.2) is 42.3 Å². The third kappa shape index (κ3) is 5.06. The normalized spacial score (nSPS) is 12.0. The first-order chi connectivity index (χ1) is 16.2. The lowest BCUT2D eigenvalue weighted by Gasteiger charge is -2.19. The molecule has 34 heavy (non-hydrogen) atoms. The lowest BCUT2D eigenvalue weighted by molar-refractivity contribution is -0.119. The van der Waals surface area contributed by atoms with E-state index in [-0.39, 0.29) is 18.1 Å². The molecule has 3 aromatic rings. The number of methoxy groups -OCH3 is 2. The zero-order chi connectivity index (χ0) is 25.0. The van der Waals surface area contributed by atoms with Gasteiger partial charge in [0.1, 0.15) is 27.2 Å². The number of aromatic nitrogens is 2. The SMILES string of the molecule is CCC(C(=O)Nc1cc(OC)ccc1OC)n1cnc2sc(C(=O)OCC(C)C)c(C)c2c1=O. The van der Waals surface area contributed by atoms with Crippen LogP contribution >= 0.6 is 11.3 Å². The number of rotatable bonds is 9. The second kappa shape index (κ2) is 10.7. The number of benzene rings is 1. The number of nitrogens with one attached hydrogen (secondary N) is 1. The number of hydrogen-bond acceptors (Lipinski definition) is 8. The summed E-state index contributed by atoms with van der Waals surface area (Å²) >= 11 is 1.12. The Kier molecular flexibility index (Phi) is 7.93. The number of nitrogens with zero attached hydrogens (tertiary/aromatic N) is 2. The Morgan fingerprint density at radius 3 is 2.56 bits per heavy atom. The summed E-state index contributed by atoms with van der Waals surface area (Å²) in [4.78, 5) is 44.2. The van der Waals surface area contributed by atoms with Crippen molar-refractivity contribution in [3.8, 4) is 11.5 Å². The minimum Gasteiger partial charge on any atom is -0.497 e. The van der Waals surface area contributed by atoms with Gasteiger partial charge in [-0.1, -0.05) is 20.8 Å². The molecule has 1 atom stereocenters. The zero-order valence-corrected chi connectivity index (χ0v) is 20.9. The molecule has 2 heterocycles. The van der Waals surface area contributed by atoms with Crippen LogP contribution in [0.15, 0.2) is 29.3 Å². The second-order valence-electron chi connectivity index (χ2n) is 8.17. The second-order valence-corrected chi connectivity index (χ2v) is 9.16. The van der Waals surface area contributed by atoms with E-state index in [0.717, 1.165) is 11.3 Å². The summed E-state index contributed by atoms with van der Waals surface area (Å²) in [5.74, 6) is 0.330. The summed E-state index contributed by atoms with van der Waals surface area (Å²) in [6.07, 6.45) is 1.69. The van der Waals surface area contributed by atoms with E-state index in [1.807, 2.05) is 13.8 Å². The number of esters is 1. The average Bonchev–Trinajstić information content (AvgIpc) is 3.16. The minimum atomic E-state index is -0.823. The van der Waals surface area contributed by atoms with Gasteiger partial charge in [-0.15, -0.1) is 11.3 Å². The van der Waals surface area contributed by atoms with Gasteiger partial charge in [0.15, 0.2) is 0 Å². The van der Waals surface area contributed by atoms with E-state index in [4.69, 9.17) is 14.2 Å². The molecule has 1 aromatic carbocycles. The van der Waals surface area contributed by atoms with Crippen LogP contribution in [0.4, 0.5) is 5.69 Å². The van der Waals surface area contributed by atoms with Gasteiger partial charge in [0.2, 0.25) is 5.91 Å². The van der Waals surface area contributed by atoms with Crippen molar-refractivity contribution < 1.29 is 23.8 Å². The van der Waals surface area contributed by atoms with Crippen molar-refractivity contribution in [2.45, 2.75) is 40.2 Å². The van der Waals surface area contributed by atoms with Gasteiger partial charge in [-0.05, 0) is 37.0 Å². The Balaban J connectivity index is 1.96. The monoisotopic (exact) mass is 487 g/mol. The Bertz CT molecular complexity index is 1260. The third-order valence-corrected chi connectivity index (χ3v) is 6.48. The van der Waals surface area contributed by atoms with Crippen molar-refractivity contribution in [3.63, 3.8) is 0 Å². The number of hydrogen-bond donors (Lipinski definition) is 1. The molecule has 2 aromatic heterocycles. The smallest absolute Gasteiger partial charge is 0.348 e. The highest BCUT2D eigenvalue weighted by molar-refractivity contribution is 7.20. The number of aryl methyl sites for hydroxylation is 1. The number of fused-ring (bicyclic) bond motifs is 1. The Morgan fingerprint density at radius 1 is 1.21 bits per heavy atom. The van der Waals surface area contributed by atoms with Gasteiger partial charge in [-0.3, -0.25) is 14.2 Å². The fourth-order valence-electron chi connectivity index (χ4n) is 3.50. The molecule has 10 heteroatoms. The summed E-state index contributed by atoms with van der Waals surface area (Å²) < 4.78 is 17.2. The molecule has 9 nitrogen and oxygen atoms in total. The van der Waals surface area contributed by atoms with E-state index in [1.165, 1.54) is 25.1 Å². The summed E-state index contributed by atoms with van der Waals surface area (Å²) in [7, 11) is 3.03. The topological polar surface area (TPSA) is 109 Å². The molecule has 0 aliphatic heterocycles. The standard InChI is InChI=1S/C24H29N3O6S/c1-7-17(21(28)26-16-10-15(31-5)8-9-18(16)32-6)27-12-25-22-19(23(27)29)14(4)20(34-22)24(30)33-11-13(2)3/h8-10,12-13,17H,7,11H2,1-6H3,(H,26,28). The molecule has 0 radical (unpaired) electrons. The summed E-state index contributed by atoms with van der Waals surface area (Å²) in [6, 6.07) is 4.23. The Hall–Kier alpha value is -3.40. The zero-order valence-electron chi connectivity index (χ0n) is 20.1. The molecule has 0 fully saturated rings. The average molecular weight is 488 g/mol. The predicted molar refractivity (Wildman–Crippen MR) is 131 cm³/mol. The van der Waals surface area contributed by atoms with Gasteiger partial charge < -0.3 is 19.5 Å². The van der Waals surface area contributed by atoms with E-state index >= 15 is 0 Å². The molecule has 1 N–H and O–H groups in total. The molecular weight excluding hydrogens is 458 g/mol. The maximum atomic E-state index is 13.4. The molecule has 0 bridgehead atoms. The lowest BCUT2D eigenvalue weighted by Crippen LogP contribution is -2.33. The molecule has 3 rings (SSSR count). The van der Waals surface area contributed by atoms with Crippen molar-refractivity contribution in [1.29, 1.82) is 0 Å². The first-order valence-corrected chi connectivity index (χ1v) is 11.7. The van der Waals surface area contributed by atoms with Crippen LogP contribution in [0, 0.1) is 12.8 Å². The van der Waals surface area contributed by atoms with E-state index in [0.29, 0.717) is 44.3 Å². The fraction of sp³-hybridized carbons (Fsp3) is 0.417. The highest BCUT2D eigenvalue weighted by Gasteiger charge is 2.26. The van der Waals surface area contributed by atoms with Crippen molar-refractivity contribution in [2.24, 2.45) is 5.92 Å². The summed E-state index contributed by atoms with van der Waals surface area (Å²) in [5.41, 5.74) is 0.542. The molecule has 0 aliphatic rings. The number of carbonyl (C=O) groups is 2. The minimum absolute atomic E-state index is 0.195. The Morgan fingerprint density at radius 2 is 1.94 bits per heavy atom. The molecule has 1 amide bonds. The van der Waals surface area contributed by atoms with Crippen LogP contribution in [0.3, 0.4) is 0 Å². The predicted octanol–water partition coefficient (Wildman–Crippen LogP) is 4.19. The van der Waals surface area contributed by atoms with Crippen molar-refractivity contribution in [2.75, 3.05) is 26.1 Å². The van der Waals surface area contributed by atoms with E-state index in [2.05, 4.69) is 10.3 Å². The number of ether oxygens (including phenoxy) is 3. The van der Waals surface area contributed by atoms with Crippen LogP contribution in [0.2, 0.25) is 0 Å². The number of anilines is 1. The van der Waals surface area contributed by atoms with Gasteiger partial charge in [0, 0.05) is 6.07 Å². The molecule has 0 spiro atoms.